The number of hydrogen-bond acceptors (Lipinski definition) is 4. The molecule has 2 heterocycles. The molecule has 0 spiro atoms. The van der Waals surface area contributed by atoms with Gasteiger partial charge in [0, 0.05) is 17.5 Å². The summed E-state index contributed by atoms with van der Waals surface area (Å²) in [5.74, 6) is 2.33. The maximum atomic E-state index is 12.2. The molecule has 3 rings (SSSR count). The summed E-state index contributed by atoms with van der Waals surface area (Å²) in [5, 5.41) is 8.10. The second kappa shape index (κ2) is 5.63. The molecule has 0 aliphatic rings. The molecule has 2 aromatic heterocycles. The predicted octanol–water partition coefficient (Wildman–Crippen LogP) is 2.38. The van der Waals surface area contributed by atoms with Gasteiger partial charge in [-0.15, -0.1) is 0 Å². The number of furan rings is 1. The molecule has 1 amide bonds. The number of hydrogen-bond donors (Lipinski definition) is 1. The van der Waals surface area contributed by atoms with E-state index in [0.29, 0.717) is 18.7 Å². The first-order valence-corrected chi connectivity index (χ1v) is 7.19. The van der Waals surface area contributed by atoms with E-state index in [-0.39, 0.29) is 5.91 Å². The highest BCUT2D eigenvalue weighted by molar-refractivity contribution is 5.97. The lowest BCUT2D eigenvalue weighted by atomic mass is 10.1. The van der Waals surface area contributed by atoms with Crippen LogP contribution in [0.25, 0.3) is 11.0 Å². The maximum Gasteiger partial charge on any atom is 0.251 e. The SMILES string of the molecule is Cc1nc(C)n(CCNC(=O)c2ccc3oc(C)cc3c2)n1. The molecule has 0 fully saturated rings. The average molecular weight is 298 g/mol. The molecule has 0 aliphatic carbocycles. The van der Waals surface area contributed by atoms with Gasteiger partial charge in [-0.25, -0.2) is 9.67 Å². The summed E-state index contributed by atoms with van der Waals surface area (Å²) in [6.07, 6.45) is 0. The van der Waals surface area contributed by atoms with Crippen LogP contribution in [0.1, 0.15) is 27.8 Å². The van der Waals surface area contributed by atoms with Gasteiger partial charge in [0.15, 0.2) is 0 Å². The third-order valence-corrected chi connectivity index (χ3v) is 3.47. The Balaban J connectivity index is 1.64. The minimum Gasteiger partial charge on any atom is -0.461 e. The fourth-order valence-electron chi connectivity index (χ4n) is 2.47. The molecule has 6 heteroatoms. The molecule has 0 saturated heterocycles. The molecule has 1 aromatic carbocycles. The Morgan fingerprint density at radius 3 is 2.82 bits per heavy atom. The Kier molecular flexibility index (Phi) is 3.66. The maximum absolute atomic E-state index is 12.2. The van der Waals surface area contributed by atoms with Crippen LogP contribution in [0.4, 0.5) is 0 Å². The zero-order valence-electron chi connectivity index (χ0n) is 12.9. The highest BCUT2D eigenvalue weighted by Crippen LogP contribution is 2.20. The van der Waals surface area contributed by atoms with Gasteiger partial charge in [0.2, 0.25) is 0 Å². The third kappa shape index (κ3) is 2.86. The lowest BCUT2D eigenvalue weighted by molar-refractivity contribution is 0.0952. The monoisotopic (exact) mass is 298 g/mol. The molecule has 0 radical (unpaired) electrons. The number of benzene rings is 1. The highest BCUT2D eigenvalue weighted by atomic mass is 16.3. The summed E-state index contributed by atoms with van der Waals surface area (Å²) >= 11 is 0. The Bertz CT molecular complexity index is 832. The number of aryl methyl sites for hydroxylation is 3. The molecule has 22 heavy (non-hydrogen) atoms. The second-order valence-electron chi connectivity index (χ2n) is 5.29. The molecule has 0 saturated carbocycles. The van der Waals surface area contributed by atoms with Gasteiger partial charge in [0.1, 0.15) is 23.0 Å². The van der Waals surface area contributed by atoms with Crippen LogP contribution in [0.2, 0.25) is 0 Å². The van der Waals surface area contributed by atoms with Crippen molar-refractivity contribution in [3.63, 3.8) is 0 Å². The van der Waals surface area contributed by atoms with Gasteiger partial charge in [0.25, 0.3) is 5.91 Å². The van der Waals surface area contributed by atoms with Crippen molar-refractivity contribution in [3.05, 3.63) is 47.2 Å². The first kappa shape index (κ1) is 14.3. The topological polar surface area (TPSA) is 73.0 Å². The van der Waals surface area contributed by atoms with Gasteiger partial charge in [-0.1, -0.05) is 0 Å². The summed E-state index contributed by atoms with van der Waals surface area (Å²) in [6, 6.07) is 7.35. The number of amides is 1. The molecule has 0 unspecified atom stereocenters. The van der Waals surface area contributed by atoms with Gasteiger partial charge >= 0.3 is 0 Å². The van der Waals surface area contributed by atoms with E-state index in [1.807, 2.05) is 39.0 Å². The largest absolute Gasteiger partial charge is 0.461 e. The number of fused-ring (bicyclic) bond motifs is 1. The van der Waals surface area contributed by atoms with Crippen molar-refractivity contribution in [1.82, 2.24) is 20.1 Å². The van der Waals surface area contributed by atoms with Crippen LogP contribution in [0.5, 0.6) is 0 Å². The van der Waals surface area contributed by atoms with Crippen LogP contribution in [0.15, 0.2) is 28.7 Å². The lowest BCUT2D eigenvalue weighted by Gasteiger charge is -2.06. The summed E-state index contributed by atoms with van der Waals surface area (Å²) in [4.78, 5) is 16.4. The fraction of sp³-hybridized carbons (Fsp3) is 0.312. The predicted molar refractivity (Wildman–Crippen MR) is 82.8 cm³/mol. The number of nitrogens with zero attached hydrogens (tertiary/aromatic N) is 3. The Morgan fingerprint density at radius 2 is 2.09 bits per heavy atom. The van der Waals surface area contributed by atoms with Gasteiger partial charge in [-0.05, 0) is 45.0 Å². The van der Waals surface area contributed by atoms with E-state index >= 15 is 0 Å². The van der Waals surface area contributed by atoms with Crippen molar-refractivity contribution in [2.24, 2.45) is 0 Å². The van der Waals surface area contributed by atoms with Crippen molar-refractivity contribution in [2.75, 3.05) is 6.54 Å². The van der Waals surface area contributed by atoms with Crippen LogP contribution in [0, 0.1) is 20.8 Å². The van der Waals surface area contributed by atoms with Gasteiger partial charge in [-0.3, -0.25) is 4.79 Å². The number of carbonyl (C=O) groups is 1. The van der Waals surface area contributed by atoms with Gasteiger partial charge in [-0.2, -0.15) is 5.10 Å². The average Bonchev–Trinajstić information content (AvgIpc) is 2.99. The first-order valence-electron chi connectivity index (χ1n) is 7.19. The van der Waals surface area contributed by atoms with Crippen LogP contribution in [0.3, 0.4) is 0 Å². The molecular formula is C16H18N4O2. The van der Waals surface area contributed by atoms with Crippen LogP contribution < -0.4 is 5.32 Å². The summed E-state index contributed by atoms with van der Waals surface area (Å²) in [5.41, 5.74) is 1.42. The summed E-state index contributed by atoms with van der Waals surface area (Å²) < 4.78 is 7.30. The summed E-state index contributed by atoms with van der Waals surface area (Å²) in [6.45, 7) is 6.75. The van der Waals surface area contributed by atoms with E-state index in [1.165, 1.54) is 0 Å². The van der Waals surface area contributed by atoms with E-state index in [2.05, 4.69) is 15.4 Å². The Morgan fingerprint density at radius 1 is 1.27 bits per heavy atom. The number of nitrogens with one attached hydrogen (secondary N) is 1. The van der Waals surface area contributed by atoms with Crippen LogP contribution in [-0.4, -0.2) is 27.2 Å². The fourth-order valence-corrected chi connectivity index (χ4v) is 2.47. The van der Waals surface area contributed by atoms with Crippen molar-refractivity contribution >= 4 is 16.9 Å². The van der Waals surface area contributed by atoms with Gasteiger partial charge in [0.05, 0.1) is 6.54 Å². The summed E-state index contributed by atoms with van der Waals surface area (Å²) in [7, 11) is 0. The minimum absolute atomic E-state index is 0.102. The zero-order chi connectivity index (χ0) is 15.7. The molecule has 1 N–H and O–H groups in total. The zero-order valence-corrected chi connectivity index (χ0v) is 12.9. The van der Waals surface area contributed by atoms with E-state index in [1.54, 1.807) is 10.7 Å². The van der Waals surface area contributed by atoms with E-state index in [4.69, 9.17) is 4.42 Å². The minimum atomic E-state index is -0.102. The number of carbonyl (C=O) groups excluding carboxylic acids is 1. The van der Waals surface area contributed by atoms with Crippen molar-refractivity contribution in [3.8, 4) is 0 Å². The third-order valence-electron chi connectivity index (χ3n) is 3.47. The standard InChI is InChI=1S/C16H18N4O2/c1-10-8-14-9-13(4-5-15(14)22-10)16(21)17-6-7-20-12(3)18-11(2)19-20/h4-5,8-9H,6-7H2,1-3H3,(H,17,21). The number of aromatic nitrogens is 3. The van der Waals surface area contributed by atoms with Crippen molar-refractivity contribution in [1.29, 1.82) is 0 Å². The smallest absolute Gasteiger partial charge is 0.251 e. The molecule has 3 aromatic rings. The molecule has 6 nitrogen and oxygen atoms in total. The number of rotatable bonds is 4. The lowest BCUT2D eigenvalue weighted by Crippen LogP contribution is -2.27. The van der Waals surface area contributed by atoms with E-state index in [9.17, 15) is 4.79 Å². The normalized spacial score (nSPS) is 11.0. The molecule has 0 atom stereocenters. The van der Waals surface area contributed by atoms with Crippen molar-refractivity contribution in [2.45, 2.75) is 27.3 Å². The first-order chi connectivity index (χ1) is 10.5. The van der Waals surface area contributed by atoms with E-state index in [0.717, 1.165) is 28.4 Å². The molecular weight excluding hydrogens is 280 g/mol. The van der Waals surface area contributed by atoms with Crippen LogP contribution in [-0.2, 0) is 6.54 Å². The van der Waals surface area contributed by atoms with Crippen molar-refractivity contribution < 1.29 is 9.21 Å². The Labute approximate surface area is 128 Å². The molecule has 0 aliphatic heterocycles. The Hall–Kier alpha value is -2.63. The van der Waals surface area contributed by atoms with Gasteiger partial charge < -0.3 is 9.73 Å². The van der Waals surface area contributed by atoms with Crippen LogP contribution >= 0.6 is 0 Å². The second-order valence-corrected chi connectivity index (χ2v) is 5.29. The quantitative estimate of drug-likeness (QED) is 0.802. The highest BCUT2D eigenvalue weighted by Gasteiger charge is 2.09. The molecule has 114 valence electrons. The van der Waals surface area contributed by atoms with E-state index < -0.39 is 0 Å². The molecule has 0 bridgehead atoms.